The summed E-state index contributed by atoms with van der Waals surface area (Å²) in [6.07, 6.45) is 0.836. The minimum Gasteiger partial charge on any atom is -0.385 e. The molecule has 0 radical (unpaired) electrons. The molecule has 4 heteroatoms. The molecule has 0 aliphatic heterocycles. The summed E-state index contributed by atoms with van der Waals surface area (Å²) in [5.41, 5.74) is 2.43. The lowest BCUT2D eigenvalue weighted by molar-refractivity contribution is -0.122. The predicted octanol–water partition coefficient (Wildman–Crippen LogP) is 2.19. The van der Waals surface area contributed by atoms with Gasteiger partial charge in [-0.05, 0) is 32.8 Å². The van der Waals surface area contributed by atoms with E-state index in [2.05, 4.69) is 48.7 Å². The van der Waals surface area contributed by atoms with E-state index < -0.39 is 0 Å². The second kappa shape index (κ2) is 8.72. The van der Waals surface area contributed by atoms with E-state index in [0.29, 0.717) is 13.2 Å². The van der Waals surface area contributed by atoms with Crippen LogP contribution in [0.15, 0.2) is 24.3 Å². The first-order valence-electron chi connectivity index (χ1n) is 7.14. The molecule has 20 heavy (non-hydrogen) atoms. The number of nitrogens with one attached hydrogen (secondary N) is 2. The Hall–Kier alpha value is -1.39. The number of ether oxygens (including phenoxy) is 1. The highest BCUT2D eigenvalue weighted by Gasteiger charge is 2.15. The van der Waals surface area contributed by atoms with E-state index in [-0.39, 0.29) is 18.0 Å². The van der Waals surface area contributed by atoms with Gasteiger partial charge in [-0.25, -0.2) is 0 Å². The van der Waals surface area contributed by atoms with Crippen molar-refractivity contribution in [3.05, 3.63) is 35.4 Å². The van der Waals surface area contributed by atoms with Crippen LogP contribution in [0.25, 0.3) is 0 Å². The number of benzene rings is 1. The SMILES string of the molecule is COCCCNC(=O)C(C)N[C@@H](C)c1ccc(C)cc1. The van der Waals surface area contributed by atoms with Crippen molar-refractivity contribution in [3.63, 3.8) is 0 Å². The van der Waals surface area contributed by atoms with Gasteiger partial charge in [-0.2, -0.15) is 0 Å². The smallest absolute Gasteiger partial charge is 0.236 e. The van der Waals surface area contributed by atoms with Gasteiger partial charge in [-0.1, -0.05) is 29.8 Å². The molecule has 0 spiro atoms. The molecule has 0 fully saturated rings. The molecule has 1 amide bonds. The summed E-state index contributed by atoms with van der Waals surface area (Å²) >= 11 is 0. The van der Waals surface area contributed by atoms with Gasteiger partial charge in [0, 0.05) is 26.3 Å². The van der Waals surface area contributed by atoms with E-state index in [1.165, 1.54) is 11.1 Å². The fourth-order valence-corrected chi connectivity index (χ4v) is 1.98. The van der Waals surface area contributed by atoms with Gasteiger partial charge < -0.3 is 10.1 Å². The highest BCUT2D eigenvalue weighted by atomic mass is 16.5. The number of methoxy groups -OCH3 is 1. The summed E-state index contributed by atoms with van der Waals surface area (Å²) in [7, 11) is 1.66. The minimum absolute atomic E-state index is 0.0278. The number of hydrogen-bond acceptors (Lipinski definition) is 3. The van der Waals surface area contributed by atoms with Gasteiger partial charge in [0.1, 0.15) is 0 Å². The van der Waals surface area contributed by atoms with Crippen molar-refractivity contribution in [2.24, 2.45) is 0 Å². The molecule has 1 aromatic rings. The quantitative estimate of drug-likeness (QED) is 0.717. The molecule has 0 saturated heterocycles. The maximum Gasteiger partial charge on any atom is 0.236 e. The van der Waals surface area contributed by atoms with Gasteiger partial charge in [0.05, 0.1) is 6.04 Å². The van der Waals surface area contributed by atoms with Gasteiger partial charge in [0.15, 0.2) is 0 Å². The van der Waals surface area contributed by atoms with Gasteiger partial charge in [0.25, 0.3) is 0 Å². The summed E-state index contributed by atoms with van der Waals surface area (Å²) in [6, 6.07) is 8.29. The number of aryl methyl sites for hydroxylation is 1. The van der Waals surface area contributed by atoms with Gasteiger partial charge in [-0.15, -0.1) is 0 Å². The maximum absolute atomic E-state index is 11.9. The van der Waals surface area contributed by atoms with Gasteiger partial charge >= 0.3 is 0 Å². The third kappa shape index (κ3) is 5.72. The molecule has 0 aliphatic carbocycles. The van der Waals surface area contributed by atoms with E-state index in [4.69, 9.17) is 4.74 Å². The number of rotatable bonds is 8. The van der Waals surface area contributed by atoms with Crippen molar-refractivity contribution in [1.82, 2.24) is 10.6 Å². The van der Waals surface area contributed by atoms with Crippen LogP contribution in [0.5, 0.6) is 0 Å². The van der Waals surface area contributed by atoms with Crippen LogP contribution in [-0.4, -0.2) is 32.2 Å². The van der Waals surface area contributed by atoms with E-state index in [9.17, 15) is 4.79 Å². The number of amides is 1. The number of carbonyl (C=O) groups is 1. The number of hydrogen-bond donors (Lipinski definition) is 2. The summed E-state index contributed by atoms with van der Waals surface area (Å²) in [4.78, 5) is 11.9. The lowest BCUT2D eigenvalue weighted by Crippen LogP contribution is -2.43. The van der Waals surface area contributed by atoms with Gasteiger partial charge in [-0.3, -0.25) is 10.1 Å². The lowest BCUT2D eigenvalue weighted by Gasteiger charge is -2.20. The summed E-state index contributed by atoms with van der Waals surface area (Å²) < 4.78 is 4.95. The Morgan fingerprint density at radius 2 is 1.90 bits per heavy atom. The van der Waals surface area contributed by atoms with E-state index in [0.717, 1.165) is 6.42 Å². The molecule has 2 N–H and O–H groups in total. The van der Waals surface area contributed by atoms with E-state index in [1.807, 2.05) is 6.92 Å². The molecular formula is C16H26N2O2. The van der Waals surface area contributed by atoms with Crippen LogP contribution in [-0.2, 0) is 9.53 Å². The van der Waals surface area contributed by atoms with Crippen molar-refractivity contribution in [3.8, 4) is 0 Å². The first-order chi connectivity index (χ1) is 9.54. The van der Waals surface area contributed by atoms with Crippen molar-refractivity contribution in [1.29, 1.82) is 0 Å². The Balaban J connectivity index is 2.38. The number of carbonyl (C=O) groups excluding carboxylic acids is 1. The monoisotopic (exact) mass is 278 g/mol. The molecule has 0 heterocycles. The fourth-order valence-electron chi connectivity index (χ4n) is 1.98. The summed E-state index contributed by atoms with van der Waals surface area (Å²) in [6.45, 7) is 7.34. The molecule has 112 valence electrons. The van der Waals surface area contributed by atoms with E-state index in [1.54, 1.807) is 7.11 Å². The second-order valence-corrected chi connectivity index (χ2v) is 5.16. The molecule has 2 atom stereocenters. The van der Waals surface area contributed by atoms with Crippen LogP contribution < -0.4 is 10.6 Å². The zero-order valence-electron chi connectivity index (χ0n) is 12.9. The zero-order valence-corrected chi connectivity index (χ0v) is 12.9. The second-order valence-electron chi connectivity index (χ2n) is 5.16. The first-order valence-corrected chi connectivity index (χ1v) is 7.14. The zero-order chi connectivity index (χ0) is 15.0. The topological polar surface area (TPSA) is 50.4 Å². The molecule has 0 bridgehead atoms. The Morgan fingerprint density at radius 1 is 1.25 bits per heavy atom. The van der Waals surface area contributed by atoms with Crippen molar-refractivity contribution >= 4 is 5.91 Å². The van der Waals surface area contributed by atoms with E-state index >= 15 is 0 Å². The van der Waals surface area contributed by atoms with Crippen LogP contribution in [0.2, 0.25) is 0 Å². The lowest BCUT2D eigenvalue weighted by atomic mass is 10.1. The average molecular weight is 278 g/mol. The van der Waals surface area contributed by atoms with Crippen LogP contribution in [0.1, 0.15) is 37.4 Å². The molecule has 4 nitrogen and oxygen atoms in total. The van der Waals surface area contributed by atoms with Crippen molar-refractivity contribution in [2.45, 2.75) is 39.3 Å². The Kier molecular flexibility index (Phi) is 7.26. The minimum atomic E-state index is -0.214. The van der Waals surface area contributed by atoms with Crippen LogP contribution in [0, 0.1) is 6.92 Å². The predicted molar refractivity (Wildman–Crippen MR) is 81.7 cm³/mol. The third-order valence-corrected chi connectivity index (χ3v) is 3.30. The molecule has 0 saturated carbocycles. The largest absolute Gasteiger partial charge is 0.385 e. The highest BCUT2D eigenvalue weighted by molar-refractivity contribution is 5.81. The molecule has 1 rings (SSSR count). The molecule has 1 unspecified atom stereocenters. The third-order valence-electron chi connectivity index (χ3n) is 3.30. The normalized spacial score (nSPS) is 13.8. The average Bonchev–Trinajstić information content (AvgIpc) is 2.44. The Labute approximate surface area is 121 Å². The standard InChI is InChI=1S/C16H26N2O2/c1-12-6-8-15(9-7-12)13(2)18-14(3)16(19)17-10-5-11-20-4/h6-9,13-14,18H,5,10-11H2,1-4H3,(H,17,19)/t13-,14?/m0/s1. The van der Waals surface area contributed by atoms with Crippen molar-refractivity contribution < 1.29 is 9.53 Å². The summed E-state index contributed by atoms with van der Waals surface area (Å²) in [5.74, 6) is 0.0278. The molecule has 0 aromatic heterocycles. The Bertz CT molecular complexity index is 403. The molecular weight excluding hydrogens is 252 g/mol. The maximum atomic E-state index is 11.9. The fraction of sp³-hybridized carbons (Fsp3) is 0.562. The molecule has 1 aromatic carbocycles. The van der Waals surface area contributed by atoms with Crippen molar-refractivity contribution in [2.75, 3.05) is 20.3 Å². The van der Waals surface area contributed by atoms with Crippen LogP contribution >= 0.6 is 0 Å². The Morgan fingerprint density at radius 3 is 2.50 bits per heavy atom. The summed E-state index contributed by atoms with van der Waals surface area (Å²) in [5, 5.41) is 6.21. The highest BCUT2D eigenvalue weighted by Crippen LogP contribution is 2.13. The van der Waals surface area contributed by atoms with Crippen LogP contribution in [0.4, 0.5) is 0 Å². The van der Waals surface area contributed by atoms with Gasteiger partial charge in [0.2, 0.25) is 5.91 Å². The first kappa shape index (κ1) is 16.7. The van der Waals surface area contributed by atoms with Crippen LogP contribution in [0.3, 0.4) is 0 Å². The molecule has 0 aliphatic rings.